The molecule has 0 aliphatic carbocycles. The van der Waals surface area contributed by atoms with E-state index in [1.807, 2.05) is 14.0 Å². The van der Waals surface area contributed by atoms with Gasteiger partial charge in [-0.25, -0.2) is 9.97 Å². The third kappa shape index (κ3) is 6.86. The Labute approximate surface area is 236 Å². The van der Waals surface area contributed by atoms with Crippen molar-refractivity contribution in [3.05, 3.63) is 89.5 Å². The highest BCUT2D eigenvalue weighted by molar-refractivity contribution is 6.05. The molecule has 3 heterocycles. The van der Waals surface area contributed by atoms with Crippen molar-refractivity contribution < 1.29 is 18.0 Å². The number of amides is 1. The largest absolute Gasteiger partial charge is 0.418 e. The van der Waals surface area contributed by atoms with Gasteiger partial charge in [-0.2, -0.15) is 13.2 Å². The van der Waals surface area contributed by atoms with Gasteiger partial charge < -0.3 is 15.5 Å². The molecule has 2 N–H and O–H groups in total. The van der Waals surface area contributed by atoms with E-state index in [2.05, 4.69) is 35.5 Å². The van der Waals surface area contributed by atoms with Crippen molar-refractivity contribution in [3.8, 4) is 11.4 Å². The van der Waals surface area contributed by atoms with E-state index in [1.165, 1.54) is 12.1 Å². The number of anilines is 3. The van der Waals surface area contributed by atoms with Crippen molar-refractivity contribution in [2.45, 2.75) is 38.3 Å². The Morgan fingerprint density at radius 2 is 1.83 bits per heavy atom. The third-order valence-electron chi connectivity index (χ3n) is 7.17. The quantitative estimate of drug-likeness (QED) is 0.279. The van der Waals surface area contributed by atoms with Crippen molar-refractivity contribution in [1.82, 2.24) is 24.8 Å². The highest BCUT2D eigenvalue weighted by Crippen LogP contribution is 2.38. The Morgan fingerprint density at radius 3 is 2.61 bits per heavy atom. The second kappa shape index (κ2) is 12.0. The van der Waals surface area contributed by atoms with Crippen molar-refractivity contribution in [2.24, 2.45) is 0 Å². The van der Waals surface area contributed by atoms with E-state index in [0.29, 0.717) is 29.2 Å². The molecule has 2 aromatic heterocycles. The minimum absolute atomic E-state index is 0.00809. The SMILES string of the molecule is Cc1ccc(C(=O)Nc2ccc(C3CCCCN(C)C3)cc2C(F)(F)F)cc1Nc1nccc(-c2cnccn2)n1. The summed E-state index contributed by atoms with van der Waals surface area (Å²) < 4.78 is 42.4. The maximum absolute atomic E-state index is 14.1. The monoisotopic (exact) mass is 561 g/mol. The molecule has 5 rings (SSSR count). The third-order valence-corrected chi connectivity index (χ3v) is 7.17. The number of aryl methyl sites for hydroxylation is 1. The molecule has 212 valence electrons. The zero-order valence-corrected chi connectivity index (χ0v) is 22.7. The Hall–Kier alpha value is -4.38. The fourth-order valence-electron chi connectivity index (χ4n) is 4.97. The average Bonchev–Trinajstić information content (AvgIpc) is 3.18. The van der Waals surface area contributed by atoms with Gasteiger partial charge in [-0.3, -0.25) is 14.8 Å². The zero-order chi connectivity index (χ0) is 29.0. The molecule has 1 fully saturated rings. The summed E-state index contributed by atoms with van der Waals surface area (Å²) in [7, 11) is 1.99. The van der Waals surface area contributed by atoms with Gasteiger partial charge in [0.05, 0.1) is 23.1 Å². The molecule has 1 aliphatic heterocycles. The number of carbonyl (C=O) groups excluding carboxylic acids is 1. The van der Waals surface area contributed by atoms with E-state index in [-0.39, 0.29) is 23.1 Å². The van der Waals surface area contributed by atoms with Crippen LogP contribution >= 0.6 is 0 Å². The molecule has 1 saturated heterocycles. The zero-order valence-electron chi connectivity index (χ0n) is 22.7. The number of nitrogens with one attached hydrogen (secondary N) is 2. The summed E-state index contributed by atoms with van der Waals surface area (Å²) in [6, 6.07) is 10.8. The van der Waals surface area contributed by atoms with Crippen LogP contribution < -0.4 is 10.6 Å². The second-order valence-electron chi connectivity index (χ2n) is 10.2. The molecule has 1 amide bonds. The fourth-order valence-corrected chi connectivity index (χ4v) is 4.97. The number of halogens is 3. The topological polar surface area (TPSA) is 95.9 Å². The van der Waals surface area contributed by atoms with Crippen molar-refractivity contribution >= 4 is 23.2 Å². The maximum Gasteiger partial charge on any atom is 0.418 e. The van der Waals surface area contributed by atoms with Gasteiger partial charge in [-0.15, -0.1) is 0 Å². The normalized spacial score (nSPS) is 16.2. The van der Waals surface area contributed by atoms with Gasteiger partial charge in [0.2, 0.25) is 5.95 Å². The predicted molar refractivity (Wildman–Crippen MR) is 151 cm³/mol. The van der Waals surface area contributed by atoms with E-state index in [1.54, 1.807) is 55.1 Å². The molecule has 0 saturated carbocycles. The number of carbonyl (C=O) groups is 1. The summed E-state index contributed by atoms with van der Waals surface area (Å²) in [6.45, 7) is 3.47. The van der Waals surface area contributed by atoms with Gasteiger partial charge in [0.25, 0.3) is 5.91 Å². The van der Waals surface area contributed by atoms with Gasteiger partial charge in [-0.1, -0.05) is 18.6 Å². The van der Waals surface area contributed by atoms with Crippen LogP contribution in [0.25, 0.3) is 11.4 Å². The number of hydrogen-bond donors (Lipinski definition) is 2. The van der Waals surface area contributed by atoms with Crippen LogP contribution in [0, 0.1) is 6.92 Å². The van der Waals surface area contributed by atoms with E-state index in [4.69, 9.17) is 0 Å². The van der Waals surface area contributed by atoms with Gasteiger partial charge in [0, 0.05) is 36.4 Å². The molecular formula is C30H30F3N7O. The summed E-state index contributed by atoms with van der Waals surface area (Å²) in [5, 5.41) is 5.58. The standard InChI is InChI=1S/C30H30F3N7O/c1-19-6-7-21(16-26(19)39-29-36-11-10-25(38-29)27-17-34-12-13-35-27)28(41)37-24-9-8-20(15-23(24)30(31,32)33)22-5-3-4-14-40(2)18-22/h6-13,15-17,22H,3-5,14,18H2,1-2H3,(H,37,41)(H,36,38,39). The van der Waals surface area contributed by atoms with Crippen LogP contribution in [0.3, 0.4) is 0 Å². The van der Waals surface area contributed by atoms with Crippen LogP contribution in [-0.4, -0.2) is 50.9 Å². The molecule has 0 spiro atoms. The highest BCUT2D eigenvalue weighted by atomic mass is 19.4. The molecule has 1 aliphatic rings. The van der Waals surface area contributed by atoms with Gasteiger partial charge in [0.15, 0.2) is 0 Å². The minimum atomic E-state index is -4.62. The van der Waals surface area contributed by atoms with Crippen molar-refractivity contribution in [3.63, 3.8) is 0 Å². The second-order valence-corrected chi connectivity index (χ2v) is 10.2. The molecule has 41 heavy (non-hydrogen) atoms. The number of benzene rings is 2. The first-order chi connectivity index (χ1) is 19.7. The molecule has 0 bridgehead atoms. The lowest BCUT2D eigenvalue weighted by molar-refractivity contribution is -0.137. The van der Waals surface area contributed by atoms with Crippen molar-refractivity contribution in [1.29, 1.82) is 0 Å². The van der Waals surface area contributed by atoms with Crippen LogP contribution in [0.4, 0.5) is 30.5 Å². The number of rotatable bonds is 6. The molecule has 2 aromatic carbocycles. The molecule has 1 unspecified atom stereocenters. The van der Waals surface area contributed by atoms with E-state index in [9.17, 15) is 18.0 Å². The lowest BCUT2D eigenvalue weighted by atomic mass is 9.92. The van der Waals surface area contributed by atoms with Gasteiger partial charge >= 0.3 is 6.18 Å². The van der Waals surface area contributed by atoms with Crippen LogP contribution in [0.2, 0.25) is 0 Å². The van der Waals surface area contributed by atoms with Crippen LogP contribution in [0.5, 0.6) is 0 Å². The average molecular weight is 562 g/mol. The highest BCUT2D eigenvalue weighted by Gasteiger charge is 2.35. The summed E-state index contributed by atoms with van der Waals surface area (Å²) in [5.41, 5.74) is 2.15. The number of hydrogen-bond acceptors (Lipinski definition) is 7. The molecule has 1 atom stereocenters. The minimum Gasteiger partial charge on any atom is -0.324 e. The molecule has 8 nitrogen and oxygen atoms in total. The van der Waals surface area contributed by atoms with E-state index in [0.717, 1.165) is 31.4 Å². The first-order valence-corrected chi connectivity index (χ1v) is 13.4. The molecule has 0 radical (unpaired) electrons. The lowest BCUT2D eigenvalue weighted by Crippen LogP contribution is -2.23. The predicted octanol–water partition coefficient (Wildman–Crippen LogP) is 6.46. The Morgan fingerprint density at radius 1 is 0.976 bits per heavy atom. The first kappa shape index (κ1) is 28.2. The molecule has 4 aromatic rings. The lowest BCUT2D eigenvalue weighted by Gasteiger charge is -2.22. The first-order valence-electron chi connectivity index (χ1n) is 13.4. The Balaban J connectivity index is 1.37. The number of likely N-dealkylation sites (tertiary alicyclic amines) is 1. The summed E-state index contributed by atoms with van der Waals surface area (Å²) in [4.78, 5) is 32.3. The molecule has 11 heteroatoms. The van der Waals surface area contributed by atoms with Crippen LogP contribution in [-0.2, 0) is 6.18 Å². The number of aromatic nitrogens is 4. The Kier molecular flexibility index (Phi) is 8.25. The molecular weight excluding hydrogens is 531 g/mol. The smallest absolute Gasteiger partial charge is 0.324 e. The summed E-state index contributed by atoms with van der Waals surface area (Å²) in [5.74, 6) is -0.378. The Bertz CT molecular complexity index is 1530. The van der Waals surface area contributed by atoms with E-state index < -0.39 is 17.6 Å². The van der Waals surface area contributed by atoms with Crippen LogP contribution in [0.1, 0.15) is 52.2 Å². The van der Waals surface area contributed by atoms with Gasteiger partial charge in [0.1, 0.15) is 5.69 Å². The van der Waals surface area contributed by atoms with Gasteiger partial charge in [-0.05, 0) is 80.7 Å². The summed E-state index contributed by atoms with van der Waals surface area (Å²) in [6.07, 6.45) is 4.48. The van der Waals surface area contributed by atoms with Crippen molar-refractivity contribution in [2.75, 3.05) is 30.8 Å². The van der Waals surface area contributed by atoms with E-state index >= 15 is 0 Å². The number of alkyl halides is 3. The van der Waals surface area contributed by atoms with Crippen LogP contribution in [0.15, 0.2) is 67.3 Å². The fraction of sp³-hybridized carbons (Fsp3) is 0.300. The summed E-state index contributed by atoms with van der Waals surface area (Å²) >= 11 is 0. The number of likely N-dealkylation sites (N-methyl/N-ethyl adjacent to an activating group) is 1. The maximum atomic E-state index is 14.1. The number of nitrogens with zero attached hydrogens (tertiary/aromatic N) is 5.